The van der Waals surface area contributed by atoms with Crippen molar-refractivity contribution in [3.05, 3.63) is 29.3 Å². The Kier molecular flexibility index (Phi) is 3.90. The maximum Gasteiger partial charge on any atom is 0.417 e. The molecule has 0 bridgehead atoms. The van der Waals surface area contributed by atoms with Gasteiger partial charge in [0.1, 0.15) is 0 Å². The van der Waals surface area contributed by atoms with Crippen LogP contribution in [0.4, 0.5) is 22.0 Å². The first-order valence-corrected chi connectivity index (χ1v) is 6.36. The lowest BCUT2D eigenvalue weighted by molar-refractivity contribution is -0.266. The number of halogens is 5. The van der Waals surface area contributed by atoms with Gasteiger partial charge in [-0.05, 0) is 13.0 Å². The number of hydrogen-bond acceptors (Lipinski definition) is 2. The normalized spacial score (nSPS) is 29.7. The predicted octanol–water partition coefficient (Wildman–Crippen LogP) is 4.04. The fourth-order valence-corrected chi connectivity index (χ4v) is 2.67. The number of rotatable bonds is 2. The zero-order valence-corrected chi connectivity index (χ0v) is 11.7. The Balaban J connectivity index is 2.44. The molecule has 1 saturated heterocycles. The topological polar surface area (TPSA) is 18.5 Å². The molecule has 118 valence electrons. The minimum atomic E-state index is -4.55. The summed E-state index contributed by atoms with van der Waals surface area (Å²) in [5, 5.41) is 0. The van der Waals surface area contributed by atoms with Crippen LogP contribution in [-0.4, -0.2) is 25.5 Å². The summed E-state index contributed by atoms with van der Waals surface area (Å²) in [5.74, 6) is -4.39. The second kappa shape index (κ2) is 5.12. The van der Waals surface area contributed by atoms with Crippen LogP contribution in [0.5, 0.6) is 5.75 Å². The van der Waals surface area contributed by atoms with Gasteiger partial charge in [0.25, 0.3) is 0 Å². The highest BCUT2D eigenvalue weighted by Crippen LogP contribution is 2.51. The van der Waals surface area contributed by atoms with Crippen molar-refractivity contribution in [2.45, 2.75) is 31.5 Å². The van der Waals surface area contributed by atoms with E-state index in [1.807, 2.05) is 0 Å². The van der Waals surface area contributed by atoms with E-state index >= 15 is 0 Å². The van der Waals surface area contributed by atoms with Gasteiger partial charge < -0.3 is 9.47 Å². The Morgan fingerprint density at radius 2 is 1.90 bits per heavy atom. The van der Waals surface area contributed by atoms with Gasteiger partial charge in [-0.15, -0.1) is 0 Å². The molecule has 0 aromatic heterocycles. The van der Waals surface area contributed by atoms with E-state index in [2.05, 4.69) is 0 Å². The fraction of sp³-hybridized carbons (Fsp3) is 0.571. The van der Waals surface area contributed by atoms with Crippen molar-refractivity contribution < 1.29 is 31.4 Å². The van der Waals surface area contributed by atoms with Gasteiger partial charge in [0.2, 0.25) is 5.82 Å². The van der Waals surface area contributed by atoms with Crippen molar-refractivity contribution in [3.8, 4) is 5.75 Å². The van der Waals surface area contributed by atoms with Crippen LogP contribution in [0.15, 0.2) is 12.1 Å². The van der Waals surface area contributed by atoms with Crippen molar-refractivity contribution in [3.63, 3.8) is 0 Å². The summed E-state index contributed by atoms with van der Waals surface area (Å²) < 4.78 is 76.0. The van der Waals surface area contributed by atoms with Crippen molar-refractivity contribution in [2.75, 3.05) is 13.7 Å². The number of alkyl halides is 3. The van der Waals surface area contributed by atoms with E-state index in [0.29, 0.717) is 0 Å². The molecule has 21 heavy (non-hydrogen) atoms. The van der Waals surface area contributed by atoms with Crippen LogP contribution >= 0.6 is 0 Å². The molecule has 1 heterocycles. The van der Waals surface area contributed by atoms with E-state index in [1.54, 1.807) is 0 Å². The predicted molar refractivity (Wildman–Crippen MR) is 65.2 cm³/mol. The highest BCUT2D eigenvalue weighted by molar-refractivity contribution is 5.40. The SMILES string of the molecule is COc1c([C@H]2CO[C@](C)(C(F)(F)F)[C@@H]2C)ccc(F)c1F. The third-order valence-electron chi connectivity index (χ3n) is 4.28. The highest BCUT2D eigenvalue weighted by atomic mass is 19.4. The zero-order valence-electron chi connectivity index (χ0n) is 11.7. The molecule has 7 heteroatoms. The molecule has 0 aliphatic carbocycles. The molecule has 0 unspecified atom stereocenters. The van der Waals surface area contributed by atoms with E-state index in [1.165, 1.54) is 13.0 Å². The third-order valence-corrected chi connectivity index (χ3v) is 4.28. The number of hydrogen-bond donors (Lipinski definition) is 0. The lowest BCUT2D eigenvalue weighted by atomic mass is 9.79. The first kappa shape index (κ1) is 16.0. The molecule has 2 nitrogen and oxygen atoms in total. The lowest BCUT2D eigenvalue weighted by Crippen LogP contribution is -2.46. The van der Waals surface area contributed by atoms with Gasteiger partial charge in [-0.3, -0.25) is 0 Å². The average Bonchev–Trinajstić information content (AvgIpc) is 2.70. The molecule has 0 amide bonds. The van der Waals surface area contributed by atoms with E-state index in [4.69, 9.17) is 9.47 Å². The molecule has 2 rings (SSSR count). The smallest absolute Gasteiger partial charge is 0.417 e. The van der Waals surface area contributed by atoms with Crippen LogP contribution in [0, 0.1) is 17.6 Å². The fourth-order valence-electron chi connectivity index (χ4n) is 2.67. The molecule has 1 aromatic carbocycles. The van der Waals surface area contributed by atoms with Gasteiger partial charge in [-0.25, -0.2) is 4.39 Å². The standard InChI is InChI=1S/C14H15F5O2/c1-7-9(6-21-13(7,2)14(17,18)19)8-4-5-10(15)11(16)12(8)20-3/h4-5,7,9H,6H2,1-3H3/t7-,9+,13+/m1/s1. The number of methoxy groups -OCH3 is 1. The van der Waals surface area contributed by atoms with Gasteiger partial charge in [0.15, 0.2) is 17.2 Å². The van der Waals surface area contributed by atoms with Gasteiger partial charge in [-0.1, -0.05) is 13.0 Å². The summed E-state index contributed by atoms with van der Waals surface area (Å²) in [6.45, 7) is 2.11. The largest absolute Gasteiger partial charge is 0.493 e. The van der Waals surface area contributed by atoms with Crippen molar-refractivity contribution >= 4 is 0 Å². The minimum absolute atomic E-state index is 0.178. The first-order valence-electron chi connectivity index (χ1n) is 6.36. The quantitative estimate of drug-likeness (QED) is 0.767. The molecule has 0 spiro atoms. The van der Waals surface area contributed by atoms with E-state index in [9.17, 15) is 22.0 Å². The lowest BCUT2D eigenvalue weighted by Gasteiger charge is -2.32. The monoisotopic (exact) mass is 310 g/mol. The summed E-state index contributed by atoms with van der Waals surface area (Å²) in [6.07, 6.45) is -4.55. The third kappa shape index (κ3) is 2.37. The van der Waals surface area contributed by atoms with Crippen LogP contribution in [-0.2, 0) is 4.74 Å². The van der Waals surface area contributed by atoms with Crippen LogP contribution in [0.25, 0.3) is 0 Å². The minimum Gasteiger partial charge on any atom is -0.493 e. The first-order chi connectivity index (χ1) is 9.63. The number of ether oxygens (including phenoxy) is 2. The molecule has 1 aliphatic rings. The average molecular weight is 310 g/mol. The van der Waals surface area contributed by atoms with Gasteiger partial charge in [0, 0.05) is 17.4 Å². The van der Waals surface area contributed by atoms with Gasteiger partial charge in [0.05, 0.1) is 13.7 Å². The molecule has 1 aromatic rings. The van der Waals surface area contributed by atoms with E-state index in [-0.39, 0.29) is 17.9 Å². The van der Waals surface area contributed by atoms with Gasteiger partial charge >= 0.3 is 6.18 Å². The molecule has 1 aliphatic heterocycles. The van der Waals surface area contributed by atoms with Gasteiger partial charge in [-0.2, -0.15) is 17.6 Å². The molecular formula is C14H15F5O2. The maximum atomic E-state index is 13.7. The second-order valence-corrected chi connectivity index (χ2v) is 5.29. The van der Waals surface area contributed by atoms with Crippen molar-refractivity contribution in [2.24, 2.45) is 5.92 Å². The van der Waals surface area contributed by atoms with Crippen LogP contribution in [0.1, 0.15) is 25.3 Å². The molecular weight excluding hydrogens is 295 g/mol. The Bertz CT molecular complexity index is 543. The van der Waals surface area contributed by atoms with E-state index < -0.39 is 35.2 Å². The van der Waals surface area contributed by atoms with Crippen LogP contribution in [0.2, 0.25) is 0 Å². The Morgan fingerprint density at radius 1 is 1.29 bits per heavy atom. The summed E-state index contributed by atoms with van der Waals surface area (Å²) in [6, 6.07) is 2.12. The Hall–Kier alpha value is -1.37. The Labute approximate surface area is 118 Å². The molecule has 0 N–H and O–H groups in total. The molecule has 1 fully saturated rings. The molecule has 3 atom stereocenters. The summed E-state index contributed by atoms with van der Waals surface area (Å²) in [4.78, 5) is 0. The number of benzene rings is 1. The Morgan fingerprint density at radius 3 is 2.38 bits per heavy atom. The van der Waals surface area contributed by atoms with Crippen molar-refractivity contribution in [1.82, 2.24) is 0 Å². The summed E-state index contributed by atoms with van der Waals surface area (Å²) >= 11 is 0. The zero-order chi connectivity index (χ0) is 16.0. The van der Waals surface area contributed by atoms with Crippen molar-refractivity contribution in [1.29, 1.82) is 0 Å². The van der Waals surface area contributed by atoms with Crippen LogP contribution in [0.3, 0.4) is 0 Å². The summed E-state index contributed by atoms with van der Waals surface area (Å²) in [7, 11) is 1.14. The maximum absolute atomic E-state index is 13.7. The molecule has 0 saturated carbocycles. The highest BCUT2D eigenvalue weighted by Gasteiger charge is 2.61. The van der Waals surface area contributed by atoms with Crippen LogP contribution < -0.4 is 4.74 Å². The van der Waals surface area contributed by atoms with E-state index in [0.717, 1.165) is 20.1 Å². The second-order valence-electron chi connectivity index (χ2n) is 5.29. The summed E-state index contributed by atoms with van der Waals surface area (Å²) in [5.41, 5.74) is -2.15. The molecule has 0 radical (unpaired) electrons.